The van der Waals surface area contributed by atoms with E-state index in [1.54, 1.807) is 12.1 Å². The molecule has 0 fully saturated rings. The normalized spacial score (nSPS) is 11.9. The smallest absolute Gasteiger partial charge is 0.115 e. The molecule has 0 aliphatic heterocycles. The number of benzene rings is 2. The van der Waals surface area contributed by atoms with Crippen LogP contribution in [0.4, 0.5) is 0 Å². The summed E-state index contributed by atoms with van der Waals surface area (Å²) in [5.41, 5.74) is 3.67. The van der Waals surface area contributed by atoms with E-state index in [4.69, 9.17) is 0 Å². The van der Waals surface area contributed by atoms with Crippen LogP contribution in [0.3, 0.4) is 0 Å². The first-order valence-electron chi connectivity index (χ1n) is 6.87. The number of phenols is 1. The Morgan fingerprint density at radius 1 is 1.00 bits per heavy atom. The average molecular weight is 267 g/mol. The van der Waals surface area contributed by atoms with Crippen LogP contribution in [0, 0.1) is 0 Å². The van der Waals surface area contributed by atoms with Crippen LogP contribution in [-0.4, -0.2) is 11.7 Å². The Bertz CT molecular complexity index is 554. The fourth-order valence-corrected chi connectivity index (χ4v) is 2.12. The predicted molar refractivity (Wildman–Crippen MR) is 83.8 cm³/mol. The Labute approximate surface area is 120 Å². The monoisotopic (exact) mass is 267 g/mol. The van der Waals surface area contributed by atoms with Crippen molar-refractivity contribution >= 4 is 0 Å². The number of allylic oxidation sites excluding steroid dienone is 1. The molecule has 0 saturated heterocycles. The molecule has 1 atom stereocenters. The van der Waals surface area contributed by atoms with Crippen LogP contribution >= 0.6 is 0 Å². The van der Waals surface area contributed by atoms with Crippen molar-refractivity contribution in [3.8, 4) is 5.75 Å². The zero-order chi connectivity index (χ0) is 14.4. The molecule has 2 heteroatoms. The van der Waals surface area contributed by atoms with Gasteiger partial charge in [0.25, 0.3) is 0 Å². The van der Waals surface area contributed by atoms with Crippen molar-refractivity contribution in [3.63, 3.8) is 0 Å². The third kappa shape index (κ3) is 3.97. The Morgan fingerprint density at radius 3 is 2.20 bits per heavy atom. The van der Waals surface area contributed by atoms with Crippen molar-refractivity contribution < 1.29 is 5.11 Å². The maximum absolute atomic E-state index is 9.43. The lowest BCUT2D eigenvalue weighted by Gasteiger charge is -2.19. The molecule has 2 N–H and O–H groups in total. The van der Waals surface area contributed by atoms with Crippen molar-refractivity contribution in [1.29, 1.82) is 0 Å². The standard InChI is InChI=1S/C18H21NO/c1-14(2)12-13-19-18(15-6-4-3-5-7-15)16-8-10-17(20)11-9-16/h3-12,18-20H,13H2,1-2H3. The average Bonchev–Trinajstić information content (AvgIpc) is 2.46. The second-order valence-corrected chi connectivity index (χ2v) is 5.12. The van der Waals surface area contributed by atoms with Gasteiger partial charge in [-0.15, -0.1) is 0 Å². The molecule has 2 aromatic carbocycles. The van der Waals surface area contributed by atoms with Gasteiger partial charge < -0.3 is 10.4 Å². The summed E-state index contributed by atoms with van der Waals surface area (Å²) in [7, 11) is 0. The van der Waals surface area contributed by atoms with Crippen LogP contribution in [0.2, 0.25) is 0 Å². The van der Waals surface area contributed by atoms with E-state index in [2.05, 4.69) is 37.4 Å². The van der Waals surface area contributed by atoms with Gasteiger partial charge in [0.15, 0.2) is 0 Å². The first-order chi connectivity index (χ1) is 9.66. The summed E-state index contributed by atoms with van der Waals surface area (Å²) in [6, 6.07) is 17.9. The van der Waals surface area contributed by atoms with Crippen LogP contribution in [0.25, 0.3) is 0 Å². The van der Waals surface area contributed by atoms with Gasteiger partial charge in [0, 0.05) is 6.54 Å². The van der Waals surface area contributed by atoms with Crippen LogP contribution in [0.15, 0.2) is 66.2 Å². The number of nitrogens with one attached hydrogen (secondary N) is 1. The van der Waals surface area contributed by atoms with E-state index < -0.39 is 0 Å². The minimum atomic E-state index is 0.132. The fraction of sp³-hybridized carbons (Fsp3) is 0.222. The van der Waals surface area contributed by atoms with Crippen molar-refractivity contribution in [2.45, 2.75) is 19.9 Å². The maximum Gasteiger partial charge on any atom is 0.115 e. The van der Waals surface area contributed by atoms with E-state index in [1.165, 1.54) is 11.1 Å². The van der Waals surface area contributed by atoms with Crippen LogP contribution in [0.1, 0.15) is 31.0 Å². The van der Waals surface area contributed by atoms with E-state index in [0.29, 0.717) is 5.75 Å². The van der Waals surface area contributed by atoms with Crippen molar-refractivity contribution in [2.24, 2.45) is 0 Å². The number of hydrogen-bond acceptors (Lipinski definition) is 2. The van der Waals surface area contributed by atoms with E-state index >= 15 is 0 Å². The molecule has 0 bridgehead atoms. The molecule has 0 aromatic heterocycles. The predicted octanol–water partition coefficient (Wildman–Crippen LogP) is 4.04. The van der Waals surface area contributed by atoms with Gasteiger partial charge in [0.2, 0.25) is 0 Å². The summed E-state index contributed by atoms with van der Waals surface area (Å²) in [5, 5.41) is 13.0. The summed E-state index contributed by atoms with van der Waals surface area (Å²) in [6.45, 7) is 5.02. The molecule has 2 rings (SSSR count). The van der Waals surface area contributed by atoms with Crippen molar-refractivity contribution in [3.05, 3.63) is 77.4 Å². The van der Waals surface area contributed by atoms with Crippen molar-refractivity contribution in [1.82, 2.24) is 5.32 Å². The SMILES string of the molecule is CC(C)=CCNC(c1ccccc1)c1ccc(O)cc1. The van der Waals surface area contributed by atoms with Gasteiger partial charge in [-0.3, -0.25) is 0 Å². The summed E-state index contributed by atoms with van der Waals surface area (Å²) < 4.78 is 0. The Hall–Kier alpha value is -2.06. The van der Waals surface area contributed by atoms with E-state index in [1.807, 2.05) is 30.3 Å². The molecule has 0 radical (unpaired) electrons. The third-order valence-corrected chi connectivity index (χ3v) is 3.19. The van der Waals surface area contributed by atoms with Gasteiger partial charge in [0.1, 0.15) is 5.75 Å². The molecule has 20 heavy (non-hydrogen) atoms. The van der Waals surface area contributed by atoms with Gasteiger partial charge >= 0.3 is 0 Å². The lowest BCUT2D eigenvalue weighted by atomic mass is 9.98. The summed E-state index contributed by atoms with van der Waals surface area (Å²) in [5.74, 6) is 0.296. The molecular weight excluding hydrogens is 246 g/mol. The largest absolute Gasteiger partial charge is 0.508 e. The Balaban J connectivity index is 2.24. The van der Waals surface area contributed by atoms with Gasteiger partial charge in [-0.25, -0.2) is 0 Å². The molecule has 0 saturated carbocycles. The number of phenolic OH excluding ortho intramolecular Hbond substituents is 1. The topological polar surface area (TPSA) is 32.3 Å². The molecule has 0 amide bonds. The minimum Gasteiger partial charge on any atom is -0.508 e. The Morgan fingerprint density at radius 2 is 1.60 bits per heavy atom. The first kappa shape index (κ1) is 14.4. The second kappa shape index (κ2) is 6.92. The zero-order valence-electron chi connectivity index (χ0n) is 12.0. The lowest BCUT2D eigenvalue weighted by molar-refractivity contribution is 0.474. The van der Waals surface area contributed by atoms with Gasteiger partial charge in [-0.05, 0) is 37.1 Å². The number of rotatable bonds is 5. The molecule has 104 valence electrons. The number of hydrogen-bond donors (Lipinski definition) is 2. The molecule has 0 heterocycles. The van der Waals surface area contributed by atoms with E-state index in [0.717, 1.165) is 12.1 Å². The molecule has 0 spiro atoms. The van der Waals surface area contributed by atoms with Crippen LogP contribution in [-0.2, 0) is 0 Å². The third-order valence-electron chi connectivity index (χ3n) is 3.19. The highest BCUT2D eigenvalue weighted by atomic mass is 16.3. The highest BCUT2D eigenvalue weighted by molar-refractivity contribution is 5.35. The fourth-order valence-electron chi connectivity index (χ4n) is 2.12. The van der Waals surface area contributed by atoms with Crippen LogP contribution in [0.5, 0.6) is 5.75 Å². The molecule has 1 unspecified atom stereocenters. The first-order valence-corrected chi connectivity index (χ1v) is 6.87. The molecular formula is C18H21NO. The second-order valence-electron chi connectivity index (χ2n) is 5.12. The number of aromatic hydroxyl groups is 1. The molecule has 0 aliphatic carbocycles. The Kier molecular flexibility index (Phi) is 4.97. The molecule has 2 nitrogen and oxygen atoms in total. The summed E-state index contributed by atoms with van der Waals surface area (Å²) in [6.07, 6.45) is 2.18. The van der Waals surface area contributed by atoms with Gasteiger partial charge in [-0.1, -0.05) is 54.1 Å². The van der Waals surface area contributed by atoms with Gasteiger partial charge in [-0.2, -0.15) is 0 Å². The lowest BCUT2D eigenvalue weighted by Crippen LogP contribution is -2.22. The van der Waals surface area contributed by atoms with E-state index in [-0.39, 0.29) is 6.04 Å². The minimum absolute atomic E-state index is 0.132. The molecule has 2 aromatic rings. The van der Waals surface area contributed by atoms with Gasteiger partial charge in [0.05, 0.1) is 6.04 Å². The summed E-state index contributed by atoms with van der Waals surface area (Å²) >= 11 is 0. The highest BCUT2D eigenvalue weighted by Gasteiger charge is 2.12. The van der Waals surface area contributed by atoms with Crippen molar-refractivity contribution in [2.75, 3.05) is 6.54 Å². The zero-order valence-corrected chi connectivity index (χ0v) is 12.0. The maximum atomic E-state index is 9.43. The molecule has 0 aliphatic rings. The highest BCUT2D eigenvalue weighted by Crippen LogP contribution is 2.23. The van der Waals surface area contributed by atoms with Crippen LogP contribution < -0.4 is 5.32 Å². The quantitative estimate of drug-likeness (QED) is 0.801. The summed E-state index contributed by atoms with van der Waals surface area (Å²) in [4.78, 5) is 0. The van der Waals surface area contributed by atoms with E-state index in [9.17, 15) is 5.11 Å².